The molecule has 0 spiro atoms. The number of carbonyl (C=O) groups is 1. The van der Waals surface area contributed by atoms with Crippen LogP contribution in [0.25, 0.3) is 0 Å². The topological polar surface area (TPSA) is 26.3 Å². The van der Waals surface area contributed by atoms with Gasteiger partial charge in [-0.1, -0.05) is 0 Å². The van der Waals surface area contributed by atoms with Crippen molar-refractivity contribution in [3.8, 4) is 0 Å². The maximum absolute atomic E-state index is 11.4. The Morgan fingerprint density at radius 2 is 1.24 bits per heavy atom. The number of allylic oxidation sites excluding steroid dienone is 1. The summed E-state index contributed by atoms with van der Waals surface area (Å²) < 4.78 is 4.70. The van der Waals surface area contributed by atoms with Crippen molar-refractivity contribution in [2.75, 3.05) is 13.3 Å². The van der Waals surface area contributed by atoms with E-state index in [1.807, 2.05) is 6.08 Å². The zero-order valence-corrected chi connectivity index (χ0v) is 19.1. The SMILES string of the molecule is COC(=O)/C=C/CCCP(Br)(c1ccccc1)(c1ccccc1)c1ccccc1. The van der Waals surface area contributed by atoms with Crippen LogP contribution in [0.2, 0.25) is 0 Å². The summed E-state index contributed by atoms with van der Waals surface area (Å²) in [5.41, 5.74) is 0. The number of esters is 1. The second-order valence-electron chi connectivity index (χ2n) is 6.98. The first-order valence-electron chi connectivity index (χ1n) is 9.73. The molecule has 2 nitrogen and oxygen atoms in total. The van der Waals surface area contributed by atoms with Gasteiger partial charge in [-0.25, -0.2) is 0 Å². The fraction of sp³-hybridized carbons (Fsp3) is 0.160. The van der Waals surface area contributed by atoms with Crippen LogP contribution >= 0.6 is 20.8 Å². The molecule has 0 saturated carbocycles. The molecular weight excluding hydrogens is 443 g/mol. The molecule has 0 aliphatic rings. The Balaban J connectivity index is 2.11. The third-order valence-corrected chi connectivity index (χ3v) is 15.3. The number of hydrogen-bond acceptors (Lipinski definition) is 2. The minimum absolute atomic E-state index is 0.310. The van der Waals surface area contributed by atoms with E-state index in [1.54, 1.807) is 0 Å². The molecule has 0 aromatic heterocycles. The van der Waals surface area contributed by atoms with Gasteiger partial charge in [0.05, 0.1) is 0 Å². The monoisotopic (exact) mass is 468 g/mol. The number of methoxy groups -OCH3 is 1. The molecular formula is C25H26BrO2P. The van der Waals surface area contributed by atoms with Crippen LogP contribution in [0.1, 0.15) is 12.8 Å². The van der Waals surface area contributed by atoms with Gasteiger partial charge in [-0.3, -0.25) is 0 Å². The van der Waals surface area contributed by atoms with Crippen LogP contribution in [-0.4, -0.2) is 19.2 Å². The number of hydrogen-bond donors (Lipinski definition) is 0. The molecule has 0 N–H and O–H groups in total. The Morgan fingerprint density at radius 1 is 0.828 bits per heavy atom. The van der Waals surface area contributed by atoms with E-state index in [-0.39, 0.29) is 5.97 Å². The first-order chi connectivity index (χ1) is 14.1. The molecule has 0 fully saturated rings. The average molecular weight is 469 g/mol. The van der Waals surface area contributed by atoms with Crippen LogP contribution in [0.3, 0.4) is 0 Å². The van der Waals surface area contributed by atoms with Gasteiger partial charge in [0.25, 0.3) is 0 Å². The summed E-state index contributed by atoms with van der Waals surface area (Å²) in [6, 6.07) is 32.3. The maximum atomic E-state index is 11.4. The molecule has 3 aromatic carbocycles. The molecule has 0 bridgehead atoms. The summed E-state index contributed by atoms with van der Waals surface area (Å²) in [5, 5.41) is 1.08. The van der Waals surface area contributed by atoms with Gasteiger partial charge in [0.15, 0.2) is 0 Å². The van der Waals surface area contributed by atoms with Gasteiger partial charge in [-0.05, 0) is 0 Å². The molecule has 4 heteroatoms. The number of carbonyl (C=O) groups excluding carboxylic acids is 1. The van der Waals surface area contributed by atoms with Gasteiger partial charge in [0.2, 0.25) is 0 Å². The van der Waals surface area contributed by atoms with Crippen LogP contribution in [0.4, 0.5) is 0 Å². The molecule has 3 rings (SSSR count). The molecule has 0 unspecified atom stereocenters. The summed E-state index contributed by atoms with van der Waals surface area (Å²) in [6.45, 7) is 0. The van der Waals surface area contributed by atoms with Crippen molar-refractivity contribution in [1.29, 1.82) is 0 Å². The third kappa shape index (κ3) is 4.37. The second-order valence-corrected chi connectivity index (χ2v) is 16.0. The standard InChI is InChI=1S/C25H26BrO2P/c1-28-25(27)20-12-5-13-21-29(26,22-14-6-2-7-15-22,23-16-8-3-9-17-23)24-18-10-4-11-19-24/h2-4,6-12,14-20H,5,13,21H2,1H3/b20-12+. The Morgan fingerprint density at radius 3 is 1.62 bits per heavy atom. The Hall–Kier alpha value is -2.22. The summed E-state index contributed by atoms with van der Waals surface area (Å²) >= 11 is 4.43. The van der Waals surface area contributed by atoms with Crippen LogP contribution < -0.4 is 15.9 Å². The molecule has 0 amide bonds. The Labute approximate surface area is 181 Å². The van der Waals surface area contributed by atoms with Crippen LogP contribution in [0.15, 0.2) is 103 Å². The van der Waals surface area contributed by atoms with Crippen molar-refractivity contribution in [3.63, 3.8) is 0 Å². The summed E-state index contributed by atoms with van der Waals surface area (Å²) in [7, 11) is 1.40. The zero-order chi connectivity index (χ0) is 20.6. The molecule has 0 radical (unpaired) electrons. The molecule has 3 aromatic rings. The van der Waals surface area contributed by atoms with Crippen LogP contribution in [0.5, 0.6) is 0 Å². The van der Waals surface area contributed by atoms with Crippen molar-refractivity contribution in [2.24, 2.45) is 0 Å². The van der Waals surface area contributed by atoms with E-state index in [9.17, 15) is 4.79 Å². The Bertz CT molecular complexity index is 856. The summed E-state index contributed by atoms with van der Waals surface area (Å²) in [4.78, 5) is 11.4. The van der Waals surface area contributed by atoms with E-state index in [1.165, 1.54) is 29.1 Å². The number of ether oxygens (including phenoxy) is 1. The van der Waals surface area contributed by atoms with Gasteiger partial charge in [-0.2, -0.15) is 0 Å². The van der Waals surface area contributed by atoms with Crippen molar-refractivity contribution in [2.45, 2.75) is 12.8 Å². The average Bonchev–Trinajstić information content (AvgIpc) is 2.80. The van der Waals surface area contributed by atoms with E-state index >= 15 is 0 Å². The van der Waals surface area contributed by atoms with E-state index in [2.05, 4.69) is 106 Å². The molecule has 29 heavy (non-hydrogen) atoms. The van der Waals surface area contributed by atoms with Crippen molar-refractivity contribution >= 4 is 42.7 Å². The molecule has 0 atom stereocenters. The third-order valence-electron chi connectivity index (χ3n) is 5.29. The predicted molar refractivity (Wildman–Crippen MR) is 129 cm³/mol. The van der Waals surface area contributed by atoms with E-state index < -0.39 is 5.31 Å². The van der Waals surface area contributed by atoms with Gasteiger partial charge < -0.3 is 0 Å². The zero-order valence-electron chi connectivity index (χ0n) is 16.6. The van der Waals surface area contributed by atoms with Crippen molar-refractivity contribution < 1.29 is 9.53 Å². The quantitative estimate of drug-likeness (QED) is 0.193. The predicted octanol–water partition coefficient (Wildman–Crippen LogP) is 5.34. The van der Waals surface area contributed by atoms with Crippen molar-refractivity contribution in [3.05, 3.63) is 103 Å². The van der Waals surface area contributed by atoms with Gasteiger partial charge in [0, 0.05) is 0 Å². The fourth-order valence-corrected chi connectivity index (χ4v) is 11.5. The van der Waals surface area contributed by atoms with Crippen molar-refractivity contribution in [1.82, 2.24) is 0 Å². The normalized spacial score (nSPS) is 13.0. The number of benzene rings is 3. The van der Waals surface area contributed by atoms with Crippen LogP contribution in [-0.2, 0) is 9.53 Å². The number of unbranched alkanes of at least 4 members (excludes halogenated alkanes) is 1. The molecule has 0 heterocycles. The van der Waals surface area contributed by atoms with Gasteiger partial charge in [-0.15, -0.1) is 0 Å². The van der Waals surface area contributed by atoms with Crippen LogP contribution in [0, 0.1) is 0 Å². The molecule has 0 saturated heterocycles. The molecule has 150 valence electrons. The van der Waals surface area contributed by atoms with E-state index in [4.69, 9.17) is 4.74 Å². The van der Waals surface area contributed by atoms with E-state index in [0.717, 1.165) is 19.0 Å². The molecule has 0 aliphatic heterocycles. The van der Waals surface area contributed by atoms with Gasteiger partial charge >= 0.3 is 181 Å². The Kier molecular flexibility index (Phi) is 7.05. The number of halogens is 1. The van der Waals surface area contributed by atoms with Gasteiger partial charge in [0.1, 0.15) is 0 Å². The first kappa shape index (κ1) is 21.5. The fourth-order valence-electron chi connectivity index (χ4n) is 3.80. The second kappa shape index (κ2) is 9.52. The minimum atomic E-state index is -2.86. The summed E-state index contributed by atoms with van der Waals surface area (Å²) in [6.07, 6.45) is 6.12. The van der Waals surface area contributed by atoms with E-state index in [0.29, 0.717) is 0 Å². The molecule has 0 aliphatic carbocycles. The number of rotatable bonds is 8. The summed E-state index contributed by atoms with van der Waals surface area (Å²) in [5.74, 6) is -0.310. The first-order valence-corrected chi connectivity index (χ1v) is 14.2.